The van der Waals surface area contributed by atoms with Gasteiger partial charge in [-0.25, -0.2) is 4.79 Å². The molecule has 1 N–H and O–H groups in total. The van der Waals surface area contributed by atoms with Crippen LogP contribution in [0.1, 0.15) is 71.6 Å². The summed E-state index contributed by atoms with van der Waals surface area (Å²) in [5, 5.41) is 9.73. The minimum Gasteiger partial charge on any atom is -0.461 e. The van der Waals surface area contributed by atoms with Gasteiger partial charge in [0.1, 0.15) is 6.61 Å². The van der Waals surface area contributed by atoms with Crippen LogP contribution in [0.5, 0.6) is 0 Å². The zero-order chi connectivity index (χ0) is 17.2. The Morgan fingerprint density at radius 2 is 1.39 bits per heavy atom. The van der Waals surface area contributed by atoms with E-state index >= 15 is 0 Å². The Morgan fingerprint density at radius 1 is 0.826 bits per heavy atom. The Balaban J connectivity index is 3.35. The lowest BCUT2D eigenvalue weighted by Crippen LogP contribution is -2.24. The number of hydrogen-bond acceptors (Lipinski definition) is 5. The summed E-state index contributed by atoms with van der Waals surface area (Å²) in [6, 6.07) is 0. The maximum Gasteiger partial charge on any atom is 0.335 e. The average molecular weight is 332 g/mol. The Morgan fingerprint density at radius 3 is 2.04 bits per heavy atom. The zero-order valence-electron chi connectivity index (χ0n) is 15.1. The molecule has 0 aromatic rings. The van der Waals surface area contributed by atoms with Gasteiger partial charge in [-0.1, -0.05) is 58.3 Å². The van der Waals surface area contributed by atoms with Crippen LogP contribution in [-0.2, 0) is 19.0 Å². The third-order valence-electron chi connectivity index (χ3n) is 3.65. The molecule has 0 heterocycles. The molecule has 0 spiro atoms. The standard InChI is InChI=1S/C18H36O5/c1-3-5-6-7-8-9-10-11-12-17(19)18(20)23-16-15-22-14-13-21-4-2/h17,19H,3-16H2,1-2H3. The predicted molar refractivity (Wildman–Crippen MR) is 91.5 cm³/mol. The summed E-state index contributed by atoms with van der Waals surface area (Å²) in [4.78, 5) is 11.6. The number of esters is 1. The highest BCUT2D eigenvalue weighted by Crippen LogP contribution is 2.11. The highest BCUT2D eigenvalue weighted by molar-refractivity contribution is 5.74. The SMILES string of the molecule is CCCCCCCCCCC(O)C(=O)OCCOCCOCC. The third kappa shape index (κ3) is 16.0. The van der Waals surface area contributed by atoms with E-state index in [-0.39, 0.29) is 6.61 Å². The first kappa shape index (κ1) is 22.4. The summed E-state index contributed by atoms with van der Waals surface area (Å²) >= 11 is 0. The largest absolute Gasteiger partial charge is 0.461 e. The molecule has 0 aromatic carbocycles. The number of rotatable bonds is 17. The highest BCUT2D eigenvalue weighted by atomic mass is 16.6. The van der Waals surface area contributed by atoms with Crippen LogP contribution in [0.4, 0.5) is 0 Å². The van der Waals surface area contributed by atoms with Gasteiger partial charge in [-0.05, 0) is 13.3 Å². The molecule has 138 valence electrons. The van der Waals surface area contributed by atoms with E-state index in [1.165, 1.54) is 38.5 Å². The number of ether oxygens (including phenoxy) is 3. The molecule has 0 aliphatic carbocycles. The van der Waals surface area contributed by atoms with Gasteiger partial charge in [-0.2, -0.15) is 0 Å². The molecule has 5 nitrogen and oxygen atoms in total. The van der Waals surface area contributed by atoms with Crippen LogP contribution in [0.3, 0.4) is 0 Å². The molecule has 0 saturated carbocycles. The summed E-state index contributed by atoms with van der Waals surface area (Å²) in [7, 11) is 0. The maximum atomic E-state index is 11.6. The van der Waals surface area contributed by atoms with Gasteiger partial charge in [0.05, 0.1) is 19.8 Å². The Labute approximate surface area is 141 Å². The van der Waals surface area contributed by atoms with Gasteiger partial charge >= 0.3 is 5.97 Å². The fourth-order valence-electron chi connectivity index (χ4n) is 2.25. The second-order valence-electron chi connectivity index (χ2n) is 5.76. The van der Waals surface area contributed by atoms with Crippen molar-refractivity contribution >= 4 is 5.97 Å². The first-order valence-corrected chi connectivity index (χ1v) is 9.22. The van der Waals surface area contributed by atoms with Gasteiger partial charge in [0.25, 0.3) is 0 Å². The van der Waals surface area contributed by atoms with E-state index in [9.17, 15) is 9.90 Å². The monoisotopic (exact) mass is 332 g/mol. The van der Waals surface area contributed by atoms with Crippen molar-refractivity contribution < 1.29 is 24.1 Å². The van der Waals surface area contributed by atoms with Crippen molar-refractivity contribution in [3.05, 3.63) is 0 Å². The maximum absolute atomic E-state index is 11.6. The van der Waals surface area contributed by atoms with Crippen molar-refractivity contribution in [2.45, 2.75) is 77.7 Å². The van der Waals surface area contributed by atoms with Crippen molar-refractivity contribution in [3.63, 3.8) is 0 Å². The van der Waals surface area contributed by atoms with Gasteiger partial charge < -0.3 is 19.3 Å². The second-order valence-corrected chi connectivity index (χ2v) is 5.76. The van der Waals surface area contributed by atoms with E-state index in [4.69, 9.17) is 14.2 Å². The molecule has 1 atom stereocenters. The lowest BCUT2D eigenvalue weighted by molar-refractivity contribution is -0.155. The van der Waals surface area contributed by atoms with Gasteiger partial charge in [-0.15, -0.1) is 0 Å². The summed E-state index contributed by atoms with van der Waals surface area (Å²) in [5.41, 5.74) is 0. The number of carbonyl (C=O) groups excluding carboxylic acids is 1. The van der Waals surface area contributed by atoms with E-state index in [1.807, 2.05) is 6.92 Å². The van der Waals surface area contributed by atoms with Crippen molar-refractivity contribution in [3.8, 4) is 0 Å². The summed E-state index contributed by atoms with van der Waals surface area (Å²) < 4.78 is 15.3. The van der Waals surface area contributed by atoms with Crippen molar-refractivity contribution in [2.75, 3.05) is 33.0 Å². The van der Waals surface area contributed by atoms with E-state index in [2.05, 4.69) is 6.92 Å². The molecular weight excluding hydrogens is 296 g/mol. The quantitative estimate of drug-likeness (QED) is 0.326. The Kier molecular flexibility index (Phi) is 17.2. The molecule has 0 saturated heterocycles. The lowest BCUT2D eigenvalue weighted by atomic mass is 10.1. The first-order valence-electron chi connectivity index (χ1n) is 9.22. The summed E-state index contributed by atoms with van der Waals surface area (Å²) in [5.74, 6) is -0.540. The zero-order valence-corrected chi connectivity index (χ0v) is 15.1. The molecule has 0 amide bonds. The lowest BCUT2D eigenvalue weighted by Gasteiger charge is -2.11. The molecule has 0 fully saturated rings. The van der Waals surface area contributed by atoms with Crippen molar-refractivity contribution in [1.82, 2.24) is 0 Å². The van der Waals surface area contributed by atoms with E-state index in [0.717, 1.165) is 12.8 Å². The van der Waals surface area contributed by atoms with Crippen LogP contribution in [0.15, 0.2) is 0 Å². The predicted octanol–water partition coefficient (Wildman–Crippen LogP) is 3.47. The van der Waals surface area contributed by atoms with Crippen LogP contribution in [0.2, 0.25) is 0 Å². The molecule has 0 aliphatic rings. The smallest absolute Gasteiger partial charge is 0.335 e. The highest BCUT2D eigenvalue weighted by Gasteiger charge is 2.15. The molecule has 1 unspecified atom stereocenters. The number of unbranched alkanes of at least 4 members (excludes halogenated alkanes) is 7. The Bertz CT molecular complexity index is 258. The molecule has 0 aliphatic heterocycles. The van der Waals surface area contributed by atoms with E-state index < -0.39 is 12.1 Å². The number of carbonyl (C=O) groups is 1. The number of aliphatic hydroxyl groups excluding tert-OH is 1. The van der Waals surface area contributed by atoms with Crippen LogP contribution in [0, 0.1) is 0 Å². The van der Waals surface area contributed by atoms with Crippen molar-refractivity contribution in [2.24, 2.45) is 0 Å². The topological polar surface area (TPSA) is 65.0 Å². The molecule has 0 bridgehead atoms. The summed E-state index contributed by atoms with van der Waals surface area (Å²) in [6.07, 6.45) is 9.05. The molecule has 0 rings (SSSR count). The van der Waals surface area contributed by atoms with Gasteiger partial charge in [0.15, 0.2) is 6.10 Å². The molecule has 0 radical (unpaired) electrons. The number of aliphatic hydroxyl groups is 1. The third-order valence-corrected chi connectivity index (χ3v) is 3.65. The fourth-order valence-corrected chi connectivity index (χ4v) is 2.25. The van der Waals surface area contributed by atoms with Crippen LogP contribution >= 0.6 is 0 Å². The van der Waals surface area contributed by atoms with Gasteiger partial charge in [-0.3, -0.25) is 0 Å². The average Bonchev–Trinajstić information content (AvgIpc) is 2.56. The number of hydrogen-bond donors (Lipinski definition) is 1. The normalized spacial score (nSPS) is 12.3. The first-order chi connectivity index (χ1) is 11.2. The fraction of sp³-hybridized carbons (Fsp3) is 0.944. The minimum atomic E-state index is -1.00. The van der Waals surface area contributed by atoms with Crippen LogP contribution < -0.4 is 0 Å². The van der Waals surface area contributed by atoms with E-state index in [1.54, 1.807) is 0 Å². The molecular formula is C18H36O5. The molecule has 23 heavy (non-hydrogen) atoms. The van der Waals surface area contributed by atoms with Crippen LogP contribution in [0.25, 0.3) is 0 Å². The van der Waals surface area contributed by atoms with Gasteiger partial charge in [0.2, 0.25) is 0 Å². The Hall–Kier alpha value is -0.650. The second kappa shape index (κ2) is 17.7. The van der Waals surface area contributed by atoms with E-state index in [0.29, 0.717) is 32.8 Å². The van der Waals surface area contributed by atoms with Crippen LogP contribution in [-0.4, -0.2) is 50.2 Å². The summed E-state index contributed by atoms with van der Waals surface area (Å²) in [6.45, 7) is 6.37. The minimum absolute atomic E-state index is 0.180. The van der Waals surface area contributed by atoms with Gasteiger partial charge in [0, 0.05) is 6.61 Å². The molecule has 5 heteroatoms. The van der Waals surface area contributed by atoms with Crippen molar-refractivity contribution in [1.29, 1.82) is 0 Å². The molecule has 0 aromatic heterocycles.